The first-order valence-electron chi connectivity index (χ1n) is 8.37. The Kier molecular flexibility index (Phi) is 5.18. The average molecular weight is 398 g/mol. The molecular formula is C16H23N5O3S2. The molecule has 0 spiro atoms. The van der Waals surface area contributed by atoms with E-state index >= 15 is 0 Å². The van der Waals surface area contributed by atoms with Gasteiger partial charge in [0.05, 0.1) is 24.7 Å². The zero-order valence-electron chi connectivity index (χ0n) is 15.3. The van der Waals surface area contributed by atoms with E-state index in [1.54, 1.807) is 28.9 Å². The third kappa shape index (κ3) is 3.67. The third-order valence-corrected chi connectivity index (χ3v) is 6.91. The molecule has 0 N–H and O–H groups in total. The molecule has 0 aromatic carbocycles. The number of hydrogen-bond donors (Lipinski definition) is 0. The Morgan fingerprint density at radius 2 is 2.12 bits per heavy atom. The maximum atomic E-state index is 13.1. The number of piperidine rings is 1. The molecule has 1 unspecified atom stereocenters. The van der Waals surface area contributed by atoms with Crippen molar-refractivity contribution in [3.8, 4) is 0 Å². The molecule has 26 heavy (non-hydrogen) atoms. The summed E-state index contributed by atoms with van der Waals surface area (Å²) in [5.41, 5.74) is 0.893. The van der Waals surface area contributed by atoms with Crippen LogP contribution in [0, 0.1) is 13.8 Å². The molecule has 0 saturated carbocycles. The Hall–Kier alpha value is -1.78. The number of nitrogens with zero attached hydrogens (tertiary/aromatic N) is 5. The van der Waals surface area contributed by atoms with Crippen LogP contribution in [0.5, 0.6) is 0 Å². The van der Waals surface area contributed by atoms with Crippen molar-refractivity contribution < 1.29 is 13.2 Å². The van der Waals surface area contributed by atoms with Gasteiger partial charge in [-0.15, -0.1) is 11.3 Å². The van der Waals surface area contributed by atoms with Gasteiger partial charge in [-0.1, -0.05) is 0 Å². The molecule has 3 rings (SSSR count). The molecule has 0 bridgehead atoms. The van der Waals surface area contributed by atoms with Crippen LogP contribution in [0.2, 0.25) is 0 Å². The van der Waals surface area contributed by atoms with Crippen LogP contribution >= 0.6 is 11.3 Å². The molecule has 0 radical (unpaired) electrons. The number of amides is 1. The zero-order valence-corrected chi connectivity index (χ0v) is 17.0. The normalized spacial score (nSPS) is 18.7. The Balaban J connectivity index is 1.91. The molecule has 1 amide bonds. The predicted molar refractivity (Wildman–Crippen MR) is 101 cm³/mol. The first kappa shape index (κ1) is 19.0. The predicted octanol–water partition coefficient (Wildman–Crippen LogP) is 1.45. The minimum atomic E-state index is -3.57. The molecule has 1 aliphatic heterocycles. The first-order valence-corrected chi connectivity index (χ1v) is 11.0. The van der Waals surface area contributed by atoms with E-state index in [0.29, 0.717) is 23.8 Å². The van der Waals surface area contributed by atoms with Crippen molar-refractivity contribution in [2.45, 2.75) is 39.3 Å². The van der Waals surface area contributed by atoms with Crippen LogP contribution in [0.1, 0.15) is 28.4 Å². The number of aryl methyl sites for hydroxylation is 3. The second-order valence-electron chi connectivity index (χ2n) is 6.52. The fraction of sp³-hybridized carbons (Fsp3) is 0.562. The van der Waals surface area contributed by atoms with Crippen LogP contribution in [-0.2, 0) is 28.4 Å². The molecule has 142 valence electrons. The number of carbonyl (C=O) groups is 1. The van der Waals surface area contributed by atoms with E-state index in [9.17, 15) is 13.2 Å². The fourth-order valence-corrected chi connectivity index (χ4v) is 5.21. The molecular weight excluding hydrogens is 374 g/mol. The van der Waals surface area contributed by atoms with Crippen LogP contribution in [-0.4, -0.2) is 52.2 Å². The van der Waals surface area contributed by atoms with Crippen molar-refractivity contribution in [2.75, 3.05) is 17.7 Å². The summed E-state index contributed by atoms with van der Waals surface area (Å²) in [5.74, 6) is 0.462. The summed E-state index contributed by atoms with van der Waals surface area (Å²) in [4.78, 5) is 20.2. The van der Waals surface area contributed by atoms with Crippen LogP contribution in [0.3, 0.4) is 0 Å². The second-order valence-corrected chi connectivity index (χ2v) is 9.74. The van der Waals surface area contributed by atoms with Crippen LogP contribution < -0.4 is 4.90 Å². The lowest BCUT2D eigenvalue weighted by Gasteiger charge is -2.36. The topological polar surface area (TPSA) is 88.4 Å². The van der Waals surface area contributed by atoms with E-state index in [4.69, 9.17) is 0 Å². The summed E-state index contributed by atoms with van der Waals surface area (Å²) in [6, 6.07) is 1.04. The Bertz CT molecular complexity index is 899. The Morgan fingerprint density at radius 1 is 1.38 bits per heavy atom. The largest absolute Gasteiger partial charge is 0.296 e. The quantitative estimate of drug-likeness (QED) is 0.762. The summed E-state index contributed by atoms with van der Waals surface area (Å²) in [5, 5.41) is 4.81. The van der Waals surface area contributed by atoms with Gasteiger partial charge in [0, 0.05) is 24.5 Å². The Labute approximate surface area is 157 Å². The summed E-state index contributed by atoms with van der Waals surface area (Å²) >= 11 is 1.47. The number of aromatic nitrogens is 3. The van der Waals surface area contributed by atoms with Gasteiger partial charge in [-0.2, -0.15) is 9.40 Å². The molecule has 2 aromatic heterocycles. The SMILES string of the molecule is Cc1nc(CN(C2CCCN(c3ccnn3C)C2=O)S(C)(=O)=O)sc1C. The van der Waals surface area contributed by atoms with Crippen molar-refractivity contribution in [1.82, 2.24) is 19.1 Å². The molecule has 3 heterocycles. The van der Waals surface area contributed by atoms with Crippen LogP contribution in [0.4, 0.5) is 5.82 Å². The lowest BCUT2D eigenvalue weighted by Crippen LogP contribution is -2.54. The average Bonchev–Trinajstić information content (AvgIpc) is 3.10. The minimum Gasteiger partial charge on any atom is -0.296 e. The van der Waals surface area contributed by atoms with Gasteiger partial charge in [0.25, 0.3) is 0 Å². The summed E-state index contributed by atoms with van der Waals surface area (Å²) in [6.45, 7) is 4.53. The van der Waals surface area contributed by atoms with Crippen molar-refractivity contribution in [2.24, 2.45) is 7.05 Å². The molecule has 1 aliphatic rings. The van der Waals surface area contributed by atoms with E-state index < -0.39 is 16.1 Å². The van der Waals surface area contributed by atoms with E-state index in [-0.39, 0.29) is 12.5 Å². The second kappa shape index (κ2) is 7.09. The van der Waals surface area contributed by atoms with E-state index in [1.165, 1.54) is 15.6 Å². The van der Waals surface area contributed by atoms with Gasteiger partial charge in [-0.3, -0.25) is 14.4 Å². The van der Waals surface area contributed by atoms with Gasteiger partial charge >= 0.3 is 0 Å². The summed E-state index contributed by atoms with van der Waals surface area (Å²) in [6.07, 6.45) is 4.01. The number of rotatable bonds is 5. The lowest BCUT2D eigenvalue weighted by atomic mass is 10.0. The van der Waals surface area contributed by atoms with E-state index in [0.717, 1.165) is 23.2 Å². The zero-order chi connectivity index (χ0) is 19.1. The number of sulfonamides is 1. The highest BCUT2D eigenvalue weighted by atomic mass is 32.2. The van der Waals surface area contributed by atoms with E-state index in [1.807, 2.05) is 13.8 Å². The molecule has 10 heteroatoms. The maximum absolute atomic E-state index is 13.1. The highest BCUT2D eigenvalue weighted by Gasteiger charge is 2.39. The van der Waals surface area contributed by atoms with Crippen molar-refractivity contribution in [3.05, 3.63) is 27.8 Å². The molecule has 1 fully saturated rings. The number of hydrogen-bond acceptors (Lipinski definition) is 6. The Morgan fingerprint density at radius 3 is 2.65 bits per heavy atom. The van der Waals surface area contributed by atoms with Crippen molar-refractivity contribution in [1.29, 1.82) is 0 Å². The van der Waals surface area contributed by atoms with Crippen molar-refractivity contribution >= 4 is 33.1 Å². The highest BCUT2D eigenvalue weighted by Crippen LogP contribution is 2.27. The van der Waals surface area contributed by atoms with Gasteiger partial charge in [0.15, 0.2) is 0 Å². The standard InChI is InChI=1S/C16H23N5O3S2/c1-11-12(2)25-14(18-11)10-21(26(4,23)24)13-6-5-9-20(16(13)22)15-7-8-17-19(15)3/h7-8,13H,5-6,9-10H2,1-4H3. The highest BCUT2D eigenvalue weighted by molar-refractivity contribution is 7.88. The molecule has 8 nitrogen and oxygen atoms in total. The summed E-state index contributed by atoms with van der Waals surface area (Å²) < 4.78 is 27.8. The van der Waals surface area contributed by atoms with Crippen molar-refractivity contribution in [3.63, 3.8) is 0 Å². The third-order valence-electron chi connectivity index (χ3n) is 4.62. The number of anilines is 1. The van der Waals surface area contributed by atoms with Gasteiger partial charge in [0.1, 0.15) is 16.9 Å². The van der Waals surface area contributed by atoms with Gasteiger partial charge in [-0.05, 0) is 26.7 Å². The van der Waals surface area contributed by atoms with Crippen LogP contribution in [0.25, 0.3) is 0 Å². The van der Waals surface area contributed by atoms with E-state index in [2.05, 4.69) is 10.1 Å². The van der Waals surface area contributed by atoms with Crippen LogP contribution in [0.15, 0.2) is 12.3 Å². The minimum absolute atomic E-state index is 0.119. The smallest absolute Gasteiger partial charge is 0.246 e. The van der Waals surface area contributed by atoms with Gasteiger partial charge in [-0.25, -0.2) is 13.4 Å². The van der Waals surface area contributed by atoms with Gasteiger partial charge in [0.2, 0.25) is 15.9 Å². The fourth-order valence-electron chi connectivity index (χ4n) is 3.18. The first-order chi connectivity index (χ1) is 12.2. The monoisotopic (exact) mass is 397 g/mol. The van der Waals surface area contributed by atoms with Gasteiger partial charge < -0.3 is 0 Å². The molecule has 0 aliphatic carbocycles. The number of carbonyl (C=O) groups excluding carboxylic acids is 1. The maximum Gasteiger partial charge on any atom is 0.246 e. The lowest BCUT2D eigenvalue weighted by molar-refractivity contribution is -0.123. The summed E-state index contributed by atoms with van der Waals surface area (Å²) in [7, 11) is -1.81. The molecule has 1 saturated heterocycles. The molecule has 1 atom stereocenters. The molecule has 2 aromatic rings. The number of thiazole rings is 1.